The van der Waals surface area contributed by atoms with Gasteiger partial charge in [-0.25, -0.2) is 0 Å². The first-order chi connectivity index (χ1) is 21.2. The summed E-state index contributed by atoms with van der Waals surface area (Å²) < 4.78 is 0. The molecule has 0 aliphatic carbocycles. The van der Waals surface area contributed by atoms with Crippen LogP contribution in [0.25, 0.3) is 0 Å². The fourth-order valence-electron chi connectivity index (χ4n) is 3.12. The number of hydrogen-bond donors (Lipinski definition) is 4. The summed E-state index contributed by atoms with van der Waals surface area (Å²) >= 11 is 7.43. The van der Waals surface area contributed by atoms with Gasteiger partial charge in [0.05, 0.1) is 0 Å². The van der Waals surface area contributed by atoms with Crippen LogP contribution in [0.5, 0.6) is 23.0 Å². The van der Waals surface area contributed by atoms with Gasteiger partial charge < -0.3 is 30.8 Å². The molecule has 0 atom stereocenters. The average molecular weight is 635 g/mol. The molecule has 14 heteroatoms. The van der Waals surface area contributed by atoms with Crippen LogP contribution in [0.2, 0.25) is 0 Å². The molecule has 4 rings (SSSR count). The van der Waals surface area contributed by atoms with Crippen molar-refractivity contribution in [3.63, 3.8) is 0 Å². The lowest BCUT2D eigenvalue weighted by atomic mass is 10.2. The van der Waals surface area contributed by atoms with Gasteiger partial charge in [0.1, 0.15) is 0 Å². The maximum Gasteiger partial charge on any atom is 0.319 e. The molecule has 4 N–H and O–H groups in total. The Labute approximate surface area is 265 Å². The first kappa shape index (κ1) is 33.2. The van der Waals surface area contributed by atoms with E-state index < -0.39 is 10.5 Å². The number of benzene rings is 4. The Kier molecular flexibility index (Phi) is 12.8. The minimum absolute atomic E-state index is 0.267. The quantitative estimate of drug-likeness (QED) is 0.0809. The smallest absolute Gasteiger partial charge is 0.319 e. The van der Waals surface area contributed by atoms with Gasteiger partial charge in [-0.1, -0.05) is 108 Å². The van der Waals surface area contributed by atoms with Crippen molar-refractivity contribution in [3.05, 3.63) is 120 Å². The minimum atomic E-state index is -0.725. The molecule has 44 heavy (non-hydrogen) atoms. The lowest BCUT2D eigenvalue weighted by Gasteiger charge is -2.19. The molecule has 0 heterocycles. The first-order valence-corrected chi connectivity index (χ1v) is 13.7. The van der Waals surface area contributed by atoms with E-state index in [2.05, 4.69) is 35.6 Å². The zero-order chi connectivity index (χ0) is 31.9. The van der Waals surface area contributed by atoms with Gasteiger partial charge in [0.25, 0.3) is 11.9 Å². The highest BCUT2D eigenvalue weighted by atomic mass is 32.1. The second-order valence-corrected chi connectivity index (χ2v) is 9.34. The number of nitrogens with two attached hydrogens (primary N) is 2. The summed E-state index contributed by atoms with van der Waals surface area (Å²) in [4.78, 5) is 44.2. The van der Waals surface area contributed by atoms with E-state index in [1.807, 2.05) is 50.2 Å². The van der Waals surface area contributed by atoms with Gasteiger partial charge in [-0.2, -0.15) is 0 Å². The first-order valence-electron chi connectivity index (χ1n) is 12.8. The standard InChI is InChI=1S/C16H17N3O3S.C14H13N3O3S/c1-11-7-3-5-9-13(11)21-18-15(17)19(16(20)23)22-14-10-6-4-8-12(14)2;15-13(16-19-11-7-3-1-4-8-11)17(14(18)21)20-12-9-5-2-6-10-12/h3-10H,1-2H3,(H2,17,18)(H,20,23);1-10H,(H2,15,16)(H,18,21). The molecule has 0 aromatic heterocycles. The van der Waals surface area contributed by atoms with E-state index in [1.54, 1.807) is 72.8 Å². The third kappa shape index (κ3) is 10.5. The molecular formula is C30H30N6O6S2. The predicted molar refractivity (Wildman–Crippen MR) is 173 cm³/mol. The van der Waals surface area contributed by atoms with Crippen molar-refractivity contribution in [2.24, 2.45) is 21.8 Å². The van der Waals surface area contributed by atoms with E-state index in [0.29, 0.717) is 23.0 Å². The van der Waals surface area contributed by atoms with Gasteiger partial charge in [0.15, 0.2) is 23.0 Å². The Morgan fingerprint density at radius 2 is 0.977 bits per heavy atom. The minimum Gasteiger partial charge on any atom is -0.368 e. The predicted octanol–water partition coefficient (Wildman–Crippen LogP) is 5.90. The van der Waals surface area contributed by atoms with E-state index >= 15 is 0 Å². The van der Waals surface area contributed by atoms with Crippen molar-refractivity contribution in [3.8, 4) is 23.0 Å². The Balaban J connectivity index is 0.000000241. The number of rotatable bonds is 8. The highest BCUT2D eigenvalue weighted by molar-refractivity contribution is 7.96. The molecule has 0 spiro atoms. The molecule has 12 nitrogen and oxygen atoms in total. The molecule has 0 saturated heterocycles. The second-order valence-electron chi connectivity index (χ2n) is 8.58. The number of para-hydroxylation sites is 4. The van der Waals surface area contributed by atoms with Crippen LogP contribution >= 0.6 is 25.3 Å². The van der Waals surface area contributed by atoms with Crippen LogP contribution in [0.3, 0.4) is 0 Å². The molecule has 0 bridgehead atoms. The Morgan fingerprint density at radius 3 is 1.48 bits per heavy atom. The molecule has 2 amide bonds. The van der Waals surface area contributed by atoms with Crippen LogP contribution in [-0.2, 0) is 0 Å². The molecule has 228 valence electrons. The van der Waals surface area contributed by atoms with E-state index in [0.717, 1.165) is 21.3 Å². The summed E-state index contributed by atoms with van der Waals surface area (Å²) in [5, 5.41) is 7.40. The normalized spacial score (nSPS) is 10.9. The van der Waals surface area contributed by atoms with Crippen molar-refractivity contribution in [1.82, 2.24) is 10.1 Å². The number of hydrogen-bond acceptors (Lipinski definition) is 8. The Bertz CT molecular complexity index is 1590. The number of aryl methyl sites for hydroxylation is 2. The molecule has 0 aliphatic heterocycles. The van der Waals surface area contributed by atoms with Crippen molar-refractivity contribution in [1.29, 1.82) is 0 Å². The van der Waals surface area contributed by atoms with Crippen LogP contribution in [0.15, 0.2) is 120 Å². The number of oxime groups is 2. The summed E-state index contributed by atoms with van der Waals surface area (Å²) in [6.07, 6.45) is 0. The lowest BCUT2D eigenvalue weighted by molar-refractivity contribution is 0.0646. The lowest BCUT2D eigenvalue weighted by Crippen LogP contribution is -2.42. The van der Waals surface area contributed by atoms with Crippen LogP contribution < -0.4 is 30.8 Å². The molecule has 0 radical (unpaired) electrons. The number of carbonyl (C=O) groups is 2. The number of thiol groups is 2. The van der Waals surface area contributed by atoms with Crippen LogP contribution in [0.1, 0.15) is 11.1 Å². The summed E-state index contributed by atoms with van der Waals surface area (Å²) in [6, 6.07) is 31.9. The highest BCUT2D eigenvalue weighted by Crippen LogP contribution is 2.19. The molecule has 0 unspecified atom stereocenters. The van der Waals surface area contributed by atoms with Crippen LogP contribution in [-0.4, -0.2) is 32.5 Å². The fraction of sp³-hybridized carbons (Fsp3) is 0.0667. The zero-order valence-electron chi connectivity index (χ0n) is 23.7. The molecule has 0 saturated carbocycles. The number of hydroxylamine groups is 4. The molecular weight excluding hydrogens is 605 g/mol. The van der Waals surface area contributed by atoms with E-state index in [1.165, 1.54) is 0 Å². The van der Waals surface area contributed by atoms with Crippen LogP contribution in [0, 0.1) is 13.8 Å². The molecule has 4 aromatic carbocycles. The van der Waals surface area contributed by atoms with Gasteiger partial charge in [-0.05, 0) is 71.7 Å². The summed E-state index contributed by atoms with van der Waals surface area (Å²) in [5.74, 6) is 1.34. The zero-order valence-corrected chi connectivity index (χ0v) is 25.5. The van der Waals surface area contributed by atoms with E-state index in [9.17, 15) is 9.59 Å². The number of guanidine groups is 2. The topological polar surface area (TPSA) is 154 Å². The highest BCUT2D eigenvalue weighted by Gasteiger charge is 2.19. The molecule has 4 aromatic rings. The van der Waals surface area contributed by atoms with Crippen molar-refractivity contribution < 1.29 is 28.9 Å². The van der Waals surface area contributed by atoms with Crippen molar-refractivity contribution in [2.45, 2.75) is 13.8 Å². The van der Waals surface area contributed by atoms with Crippen LogP contribution in [0.4, 0.5) is 9.59 Å². The van der Waals surface area contributed by atoms with Crippen molar-refractivity contribution >= 4 is 47.7 Å². The monoisotopic (exact) mass is 634 g/mol. The third-order valence-electron chi connectivity index (χ3n) is 5.31. The Hall–Kier alpha value is -5.34. The van der Waals surface area contributed by atoms with E-state index in [4.69, 9.17) is 30.8 Å². The third-order valence-corrected chi connectivity index (χ3v) is 5.67. The number of amides is 2. The largest absolute Gasteiger partial charge is 0.368 e. The van der Waals surface area contributed by atoms with Gasteiger partial charge >= 0.3 is 10.5 Å². The summed E-state index contributed by atoms with van der Waals surface area (Å²) in [6.45, 7) is 3.71. The Morgan fingerprint density at radius 1 is 0.568 bits per heavy atom. The summed E-state index contributed by atoms with van der Waals surface area (Å²) in [7, 11) is 0. The molecule has 0 aliphatic rings. The second kappa shape index (κ2) is 16.9. The van der Waals surface area contributed by atoms with Gasteiger partial charge in [0.2, 0.25) is 0 Å². The number of nitrogens with zero attached hydrogens (tertiary/aromatic N) is 4. The fourth-order valence-corrected chi connectivity index (χ4v) is 3.41. The maximum absolute atomic E-state index is 11.6. The maximum atomic E-state index is 11.6. The molecule has 0 fully saturated rings. The SMILES string of the molecule is Cc1ccccc1ON=C(N)N(Oc1ccccc1C)C(=O)S.NC(=NOc1ccccc1)N(Oc1ccccc1)C(=O)S. The number of carbonyl (C=O) groups excluding carboxylic acids is 2. The van der Waals surface area contributed by atoms with Gasteiger partial charge in [0, 0.05) is 0 Å². The average Bonchev–Trinajstić information content (AvgIpc) is 3.02. The van der Waals surface area contributed by atoms with E-state index in [-0.39, 0.29) is 11.9 Å². The summed E-state index contributed by atoms with van der Waals surface area (Å²) in [5.41, 5.74) is 13.2. The van der Waals surface area contributed by atoms with Gasteiger partial charge in [-0.3, -0.25) is 9.59 Å². The van der Waals surface area contributed by atoms with Crippen molar-refractivity contribution in [2.75, 3.05) is 0 Å². The van der Waals surface area contributed by atoms with Gasteiger partial charge in [-0.15, -0.1) is 0 Å².